The van der Waals surface area contributed by atoms with Gasteiger partial charge < -0.3 is 14.6 Å². The molecule has 3 rings (SSSR count). The Hall–Kier alpha value is -2.09. The van der Waals surface area contributed by atoms with Crippen LogP contribution < -0.4 is 10.3 Å². The highest BCUT2D eigenvalue weighted by molar-refractivity contribution is 5.15. The van der Waals surface area contributed by atoms with Crippen LogP contribution in [-0.2, 0) is 4.74 Å². The first-order valence-corrected chi connectivity index (χ1v) is 5.72. The summed E-state index contributed by atoms with van der Waals surface area (Å²) in [5.74, 6) is 0. The first-order valence-electron chi connectivity index (χ1n) is 5.72. The Morgan fingerprint density at radius 2 is 2.47 bits per heavy atom. The number of aromatic nitrogens is 2. The third kappa shape index (κ3) is 1.75. The van der Waals surface area contributed by atoms with Gasteiger partial charge in [-0.2, -0.15) is 4.98 Å². The molecule has 1 saturated heterocycles. The molecule has 0 spiro atoms. The van der Waals surface area contributed by atoms with Gasteiger partial charge >= 0.3 is 6.01 Å². The molecule has 9 nitrogen and oxygen atoms in total. The molecule has 0 radical (unpaired) electrons. The van der Waals surface area contributed by atoms with Crippen molar-refractivity contribution in [2.24, 2.45) is 5.11 Å². The van der Waals surface area contributed by atoms with Gasteiger partial charge in [-0.15, -0.1) is 0 Å². The number of hydrogen-bond acceptors (Lipinski definition) is 6. The Morgan fingerprint density at radius 3 is 3.21 bits per heavy atom. The van der Waals surface area contributed by atoms with Gasteiger partial charge in [-0.1, -0.05) is 5.11 Å². The van der Waals surface area contributed by atoms with E-state index in [4.69, 9.17) is 15.0 Å². The second kappa shape index (κ2) is 4.23. The number of ether oxygens (including phenoxy) is 2. The molecule has 100 valence electrons. The molecule has 1 aromatic heterocycles. The fraction of sp³-hybridized carbons (Fsp3) is 0.600. The van der Waals surface area contributed by atoms with E-state index in [1.165, 1.54) is 0 Å². The molecule has 19 heavy (non-hydrogen) atoms. The summed E-state index contributed by atoms with van der Waals surface area (Å²) in [5.41, 5.74) is 8.37. The Balaban J connectivity index is 1.92. The van der Waals surface area contributed by atoms with Crippen LogP contribution in [0.15, 0.2) is 16.1 Å². The first kappa shape index (κ1) is 12.0. The molecule has 0 aliphatic carbocycles. The van der Waals surface area contributed by atoms with E-state index in [9.17, 15) is 9.90 Å². The molecule has 0 saturated carbocycles. The summed E-state index contributed by atoms with van der Waals surface area (Å²) < 4.78 is 12.6. The molecule has 1 N–H and O–H groups in total. The van der Waals surface area contributed by atoms with E-state index in [1.807, 2.05) is 0 Å². The Kier molecular flexibility index (Phi) is 2.67. The average molecular weight is 265 g/mol. The highest BCUT2D eigenvalue weighted by Crippen LogP contribution is 2.39. The quantitative estimate of drug-likeness (QED) is 0.453. The van der Waals surface area contributed by atoms with E-state index in [2.05, 4.69) is 15.0 Å². The van der Waals surface area contributed by atoms with Gasteiger partial charge in [0.1, 0.15) is 6.10 Å². The predicted octanol–water partition coefficient (Wildman–Crippen LogP) is -0.119. The smallest absolute Gasteiger partial charge is 0.302 e. The maximum atomic E-state index is 11.4. The van der Waals surface area contributed by atoms with Crippen LogP contribution in [0.3, 0.4) is 0 Å². The maximum absolute atomic E-state index is 11.4. The number of rotatable bonds is 2. The number of azide groups is 1. The van der Waals surface area contributed by atoms with Crippen molar-refractivity contribution in [2.75, 3.05) is 6.54 Å². The fourth-order valence-corrected chi connectivity index (χ4v) is 2.28. The Labute approximate surface area is 107 Å². The standard InChI is InChI=1S/C10H11N5O4/c1-4-3-15-9-7(19-10(15)13-8(4)17)6(16)5(18-9)2-12-14-11/h3,5-7,9,16H,2H2,1H3/t5-,6-,7+,9?/m1/s1. The normalized spacial score (nSPS) is 31.3. The summed E-state index contributed by atoms with van der Waals surface area (Å²) in [4.78, 5) is 17.8. The third-order valence-corrected chi connectivity index (χ3v) is 3.24. The molecule has 4 atom stereocenters. The van der Waals surface area contributed by atoms with Gasteiger partial charge in [0, 0.05) is 16.7 Å². The van der Waals surface area contributed by atoms with Crippen LogP contribution in [0.5, 0.6) is 6.01 Å². The molecule has 3 heterocycles. The summed E-state index contributed by atoms with van der Waals surface area (Å²) in [7, 11) is 0. The van der Waals surface area contributed by atoms with E-state index in [0.717, 1.165) is 0 Å². The first-order chi connectivity index (χ1) is 9.11. The van der Waals surface area contributed by atoms with Gasteiger partial charge in [0.15, 0.2) is 12.3 Å². The average Bonchev–Trinajstić information content (AvgIpc) is 2.86. The highest BCUT2D eigenvalue weighted by atomic mass is 16.6. The summed E-state index contributed by atoms with van der Waals surface area (Å²) in [5, 5.41) is 13.4. The molecule has 0 aromatic carbocycles. The zero-order valence-electron chi connectivity index (χ0n) is 10.0. The third-order valence-electron chi connectivity index (χ3n) is 3.24. The fourth-order valence-electron chi connectivity index (χ4n) is 2.28. The van der Waals surface area contributed by atoms with Gasteiger partial charge in [-0.3, -0.25) is 9.36 Å². The van der Waals surface area contributed by atoms with Gasteiger partial charge in [0.2, 0.25) is 0 Å². The van der Waals surface area contributed by atoms with Crippen LogP contribution in [0.4, 0.5) is 0 Å². The van der Waals surface area contributed by atoms with Gasteiger partial charge in [0.05, 0.1) is 12.6 Å². The van der Waals surface area contributed by atoms with Crippen LogP contribution in [0.25, 0.3) is 10.4 Å². The lowest BCUT2D eigenvalue weighted by molar-refractivity contribution is -0.0116. The Bertz CT molecular complexity index is 623. The maximum Gasteiger partial charge on any atom is 0.302 e. The second-order valence-corrected chi connectivity index (χ2v) is 4.47. The number of aliphatic hydroxyl groups excluding tert-OH is 1. The van der Waals surface area contributed by atoms with Crippen molar-refractivity contribution in [3.8, 4) is 6.01 Å². The van der Waals surface area contributed by atoms with Crippen molar-refractivity contribution in [2.45, 2.75) is 31.5 Å². The van der Waals surface area contributed by atoms with Gasteiger partial charge in [0.25, 0.3) is 5.56 Å². The lowest BCUT2D eigenvalue weighted by Gasteiger charge is -2.14. The second-order valence-electron chi connectivity index (χ2n) is 4.47. The number of nitrogens with zero attached hydrogens (tertiary/aromatic N) is 5. The van der Waals surface area contributed by atoms with E-state index in [1.54, 1.807) is 17.7 Å². The van der Waals surface area contributed by atoms with Crippen molar-refractivity contribution in [1.82, 2.24) is 9.55 Å². The van der Waals surface area contributed by atoms with Crippen LogP contribution in [-0.4, -0.2) is 39.5 Å². The molecule has 2 aliphatic rings. The molecule has 1 unspecified atom stereocenters. The zero-order valence-corrected chi connectivity index (χ0v) is 10.0. The SMILES string of the molecule is Cc1cn2c(nc1=O)O[C@@H]1C2O[C@H](CN=[N+]=[N-])[C@H]1O. The van der Waals surface area contributed by atoms with E-state index >= 15 is 0 Å². The molecule has 1 fully saturated rings. The summed E-state index contributed by atoms with van der Waals surface area (Å²) in [6.45, 7) is 1.66. The zero-order chi connectivity index (χ0) is 13.6. The topological polar surface area (TPSA) is 122 Å². The minimum absolute atomic E-state index is 0.0238. The molecule has 1 aromatic rings. The van der Waals surface area contributed by atoms with Crippen LogP contribution in [0, 0.1) is 6.92 Å². The number of aliphatic hydroxyl groups is 1. The largest absolute Gasteiger partial charge is 0.453 e. The molecule has 0 bridgehead atoms. The minimum Gasteiger partial charge on any atom is -0.453 e. The number of aryl methyl sites for hydroxylation is 1. The van der Waals surface area contributed by atoms with Crippen molar-refractivity contribution in [3.05, 3.63) is 32.6 Å². The Morgan fingerprint density at radius 1 is 1.68 bits per heavy atom. The highest BCUT2D eigenvalue weighted by Gasteiger charge is 2.50. The van der Waals surface area contributed by atoms with Gasteiger partial charge in [-0.05, 0) is 12.5 Å². The van der Waals surface area contributed by atoms with E-state index in [-0.39, 0.29) is 18.1 Å². The lowest BCUT2D eigenvalue weighted by Crippen LogP contribution is -2.34. The van der Waals surface area contributed by atoms with E-state index < -0.39 is 24.5 Å². The van der Waals surface area contributed by atoms with Crippen LogP contribution in [0.2, 0.25) is 0 Å². The molecular formula is C10H11N5O4. The number of fused-ring (bicyclic) bond motifs is 3. The van der Waals surface area contributed by atoms with Crippen molar-refractivity contribution in [1.29, 1.82) is 0 Å². The number of hydrogen-bond donors (Lipinski definition) is 1. The van der Waals surface area contributed by atoms with Crippen molar-refractivity contribution < 1.29 is 14.6 Å². The predicted molar refractivity (Wildman–Crippen MR) is 61.6 cm³/mol. The summed E-state index contributed by atoms with van der Waals surface area (Å²) in [6, 6.07) is 0.131. The van der Waals surface area contributed by atoms with Crippen molar-refractivity contribution in [3.63, 3.8) is 0 Å². The minimum atomic E-state index is -0.937. The molecule has 9 heteroatoms. The lowest BCUT2D eigenvalue weighted by atomic mass is 10.1. The molecular weight excluding hydrogens is 254 g/mol. The van der Waals surface area contributed by atoms with Crippen LogP contribution >= 0.6 is 0 Å². The molecule has 2 aliphatic heterocycles. The molecule has 0 amide bonds. The monoisotopic (exact) mass is 265 g/mol. The van der Waals surface area contributed by atoms with E-state index in [0.29, 0.717) is 5.56 Å². The van der Waals surface area contributed by atoms with Crippen molar-refractivity contribution >= 4 is 0 Å². The summed E-state index contributed by atoms with van der Waals surface area (Å²) >= 11 is 0. The summed E-state index contributed by atoms with van der Waals surface area (Å²) in [6.07, 6.45) is -1.19. The van der Waals surface area contributed by atoms with Gasteiger partial charge in [-0.25, -0.2) is 0 Å². The van der Waals surface area contributed by atoms with Crippen LogP contribution in [0.1, 0.15) is 11.8 Å².